The first-order valence-electron chi connectivity index (χ1n) is 34.2. The predicted octanol–water partition coefficient (Wildman–Crippen LogP) is 23.5. The fraction of sp³-hybridized carbons (Fsp3) is 0.859. The number of allylic oxidation sites excluding steroid dienone is 8. The Balaban J connectivity index is 3.41. The molecule has 0 aliphatic rings. The van der Waals surface area contributed by atoms with Gasteiger partial charge in [0, 0.05) is 12.8 Å². The number of aliphatic hydroxyl groups excluding tert-OH is 1. The molecule has 76 heavy (non-hydrogen) atoms. The molecule has 0 spiro atoms. The molecule has 1 atom stereocenters. The number of ether oxygens (including phenoxy) is 2. The van der Waals surface area contributed by atoms with Crippen molar-refractivity contribution in [1.82, 2.24) is 0 Å². The first-order chi connectivity index (χ1) is 37.6. The highest BCUT2D eigenvalue weighted by Gasteiger charge is 2.16. The summed E-state index contributed by atoms with van der Waals surface area (Å²) in [5.74, 6) is -0.569. The van der Waals surface area contributed by atoms with Crippen molar-refractivity contribution in [2.75, 3.05) is 13.2 Å². The Morgan fingerprint density at radius 3 is 0.803 bits per heavy atom. The molecule has 0 aromatic rings. The average molecular weight is 1070 g/mol. The minimum absolute atomic E-state index is 0.0608. The highest BCUT2D eigenvalue weighted by atomic mass is 16.6. The van der Waals surface area contributed by atoms with Crippen molar-refractivity contribution in [3.05, 3.63) is 48.6 Å². The van der Waals surface area contributed by atoms with Gasteiger partial charge < -0.3 is 14.6 Å². The summed E-state index contributed by atoms with van der Waals surface area (Å²) in [6, 6.07) is 0. The van der Waals surface area contributed by atoms with Crippen LogP contribution in [0, 0.1) is 0 Å². The van der Waals surface area contributed by atoms with Gasteiger partial charge in [0.15, 0.2) is 6.10 Å². The van der Waals surface area contributed by atoms with Crippen LogP contribution >= 0.6 is 0 Å². The van der Waals surface area contributed by atoms with Gasteiger partial charge in [-0.2, -0.15) is 0 Å². The predicted molar refractivity (Wildman–Crippen MR) is 334 cm³/mol. The van der Waals surface area contributed by atoms with Gasteiger partial charge in [0.25, 0.3) is 0 Å². The summed E-state index contributed by atoms with van der Waals surface area (Å²) in [5.41, 5.74) is 0. The maximum Gasteiger partial charge on any atom is 0.306 e. The van der Waals surface area contributed by atoms with Gasteiger partial charge in [-0.05, 0) is 77.0 Å². The van der Waals surface area contributed by atoms with Crippen LogP contribution in [0.5, 0.6) is 0 Å². The van der Waals surface area contributed by atoms with Crippen LogP contribution < -0.4 is 0 Å². The molecule has 5 nitrogen and oxygen atoms in total. The monoisotopic (exact) mass is 1070 g/mol. The molecular formula is C71H132O5. The van der Waals surface area contributed by atoms with E-state index in [1.54, 1.807) is 0 Å². The van der Waals surface area contributed by atoms with Crippen molar-refractivity contribution in [3.63, 3.8) is 0 Å². The first kappa shape index (κ1) is 73.9. The topological polar surface area (TPSA) is 72.8 Å². The lowest BCUT2D eigenvalue weighted by molar-refractivity contribution is -0.161. The Hall–Kier alpha value is -2.14. The molecule has 0 aromatic heterocycles. The number of unbranched alkanes of at least 4 members (excludes halogenated alkanes) is 48. The van der Waals surface area contributed by atoms with Gasteiger partial charge in [0.2, 0.25) is 0 Å². The molecule has 446 valence electrons. The second-order valence-corrected chi connectivity index (χ2v) is 23.3. The molecule has 0 fully saturated rings. The van der Waals surface area contributed by atoms with E-state index in [2.05, 4.69) is 62.5 Å². The van der Waals surface area contributed by atoms with Gasteiger partial charge in [-0.1, -0.05) is 332 Å². The van der Waals surface area contributed by atoms with Gasteiger partial charge in [0.05, 0.1) is 6.61 Å². The zero-order chi connectivity index (χ0) is 54.8. The second-order valence-electron chi connectivity index (χ2n) is 23.3. The third kappa shape index (κ3) is 64.4. The molecule has 0 heterocycles. The quantitative estimate of drug-likeness (QED) is 0.0373. The third-order valence-electron chi connectivity index (χ3n) is 15.6. The molecular weight excluding hydrogens is 933 g/mol. The summed E-state index contributed by atoms with van der Waals surface area (Å²) in [6.07, 6.45) is 90.0. The maximum atomic E-state index is 12.4. The Morgan fingerprint density at radius 1 is 0.303 bits per heavy atom. The number of hydrogen-bond acceptors (Lipinski definition) is 5. The van der Waals surface area contributed by atoms with Crippen molar-refractivity contribution in [2.24, 2.45) is 0 Å². The van der Waals surface area contributed by atoms with Crippen molar-refractivity contribution >= 4 is 11.9 Å². The molecule has 0 rings (SSSR count). The Morgan fingerprint density at radius 2 is 0.526 bits per heavy atom. The molecule has 0 aliphatic heterocycles. The van der Waals surface area contributed by atoms with Crippen molar-refractivity contribution in [1.29, 1.82) is 0 Å². The highest BCUT2D eigenvalue weighted by Crippen LogP contribution is 2.18. The third-order valence-corrected chi connectivity index (χ3v) is 15.6. The fourth-order valence-corrected chi connectivity index (χ4v) is 10.4. The van der Waals surface area contributed by atoms with E-state index in [1.165, 1.54) is 295 Å². The van der Waals surface area contributed by atoms with Crippen LogP contribution in [0.3, 0.4) is 0 Å². The van der Waals surface area contributed by atoms with Gasteiger partial charge in [-0.15, -0.1) is 0 Å². The Bertz CT molecular complexity index is 1250. The standard InChI is InChI=1S/C71H132O5/c1-3-5-7-9-11-13-15-17-19-21-23-25-27-29-31-33-34-35-36-38-40-42-44-46-48-50-52-54-56-58-60-62-64-66-71(74)76-69(67-72)68-75-70(73)65-63-61-59-57-55-53-51-49-47-45-43-41-39-37-32-30-28-26-24-22-20-18-16-14-12-10-8-6-4-2/h15,17,21-24,27,29,69,72H,3-14,16,18-20,25-26,28,30-68H2,1-2H3/b17-15-,23-21-,24-22-,29-27-. The van der Waals surface area contributed by atoms with E-state index in [-0.39, 0.29) is 25.2 Å². The molecule has 0 bridgehead atoms. The summed E-state index contributed by atoms with van der Waals surface area (Å²) in [7, 11) is 0. The van der Waals surface area contributed by atoms with Gasteiger partial charge >= 0.3 is 11.9 Å². The molecule has 0 saturated carbocycles. The van der Waals surface area contributed by atoms with Crippen molar-refractivity contribution in [2.45, 2.75) is 380 Å². The lowest BCUT2D eigenvalue weighted by Gasteiger charge is -2.15. The number of carbonyl (C=O) groups is 2. The van der Waals surface area contributed by atoms with Gasteiger partial charge in [0.1, 0.15) is 6.61 Å². The first-order valence-corrected chi connectivity index (χ1v) is 34.2. The molecule has 0 saturated heterocycles. The van der Waals surface area contributed by atoms with E-state index in [0.29, 0.717) is 12.8 Å². The molecule has 1 unspecified atom stereocenters. The molecule has 0 radical (unpaired) electrons. The average Bonchev–Trinajstić information content (AvgIpc) is 3.42. The smallest absolute Gasteiger partial charge is 0.306 e. The largest absolute Gasteiger partial charge is 0.462 e. The summed E-state index contributed by atoms with van der Waals surface area (Å²) < 4.78 is 10.8. The van der Waals surface area contributed by atoms with E-state index in [0.717, 1.165) is 51.4 Å². The molecule has 0 aromatic carbocycles. The molecule has 5 heteroatoms. The summed E-state index contributed by atoms with van der Waals surface area (Å²) in [6.45, 7) is 4.18. The van der Waals surface area contributed by atoms with E-state index in [4.69, 9.17) is 9.47 Å². The molecule has 0 amide bonds. The van der Waals surface area contributed by atoms with Crippen LogP contribution in [-0.4, -0.2) is 36.4 Å². The van der Waals surface area contributed by atoms with E-state index >= 15 is 0 Å². The van der Waals surface area contributed by atoms with Gasteiger partial charge in [-0.3, -0.25) is 9.59 Å². The molecule has 0 aliphatic carbocycles. The zero-order valence-corrected chi connectivity index (χ0v) is 51.3. The number of rotatable bonds is 64. The lowest BCUT2D eigenvalue weighted by Crippen LogP contribution is -2.28. The highest BCUT2D eigenvalue weighted by molar-refractivity contribution is 5.70. The fourth-order valence-electron chi connectivity index (χ4n) is 10.4. The van der Waals surface area contributed by atoms with E-state index < -0.39 is 6.10 Å². The van der Waals surface area contributed by atoms with Crippen LogP contribution in [0.15, 0.2) is 48.6 Å². The number of esters is 2. The van der Waals surface area contributed by atoms with Crippen molar-refractivity contribution in [3.8, 4) is 0 Å². The van der Waals surface area contributed by atoms with Crippen LogP contribution in [-0.2, 0) is 19.1 Å². The second kappa shape index (κ2) is 67.1. The number of hydrogen-bond donors (Lipinski definition) is 1. The van der Waals surface area contributed by atoms with E-state index in [9.17, 15) is 14.7 Å². The number of aliphatic hydroxyl groups is 1. The summed E-state index contributed by atoms with van der Waals surface area (Å²) in [4.78, 5) is 24.6. The van der Waals surface area contributed by atoms with Crippen molar-refractivity contribution < 1.29 is 24.2 Å². The SMILES string of the molecule is CCCCCCC/C=C\C/C=C\C/C=C\CCCCCCCCCCCCCCCCCCCCC(=O)OC(CO)COC(=O)CCCCCCCCCCCCCCCCCCC/C=C\CCCCCCCCCC. The normalized spacial score (nSPS) is 12.4. The minimum atomic E-state index is -0.771. The summed E-state index contributed by atoms with van der Waals surface area (Å²) in [5, 5.41) is 9.70. The Kier molecular flexibility index (Phi) is 65.2. The zero-order valence-electron chi connectivity index (χ0n) is 51.3. The van der Waals surface area contributed by atoms with Gasteiger partial charge in [-0.25, -0.2) is 0 Å². The van der Waals surface area contributed by atoms with Crippen LogP contribution in [0.2, 0.25) is 0 Å². The minimum Gasteiger partial charge on any atom is -0.462 e. The van der Waals surface area contributed by atoms with Crippen LogP contribution in [0.25, 0.3) is 0 Å². The van der Waals surface area contributed by atoms with Crippen LogP contribution in [0.1, 0.15) is 373 Å². The molecule has 1 N–H and O–H groups in total. The van der Waals surface area contributed by atoms with Crippen LogP contribution in [0.4, 0.5) is 0 Å². The van der Waals surface area contributed by atoms with E-state index in [1.807, 2.05) is 0 Å². The maximum absolute atomic E-state index is 12.4. The number of carbonyl (C=O) groups excluding carboxylic acids is 2. The Labute approximate surface area is 475 Å². The summed E-state index contributed by atoms with van der Waals surface area (Å²) >= 11 is 0. The lowest BCUT2D eigenvalue weighted by atomic mass is 10.0.